The third kappa shape index (κ3) is 5.21. The molecule has 8 nitrogen and oxygen atoms in total. The van der Waals surface area contributed by atoms with Gasteiger partial charge in [0.2, 0.25) is 21.8 Å². The molecule has 0 saturated carbocycles. The fourth-order valence-electron chi connectivity index (χ4n) is 3.16. The maximum Gasteiger partial charge on any atom is 0.246 e. The Morgan fingerprint density at radius 1 is 1.20 bits per heavy atom. The van der Waals surface area contributed by atoms with Gasteiger partial charge >= 0.3 is 0 Å². The molecule has 1 saturated heterocycles. The number of sulfonamides is 1. The summed E-state index contributed by atoms with van der Waals surface area (Å²) in [4.78, 5) is 16.8. The molecule has 1 aliphatic rings. The highest BCUT2D eigenvalue weighted by atomic mass is 35.5. The monoisotopic (exact) mass is 452 g/mol. The number of amides is 1. The van der Waals surface area contributed by atoms with Gasteiger partial charge < -0.3 is 15.4 Å². The summed E-state index contributed by atoms with van der Waals surface area (Å²) in [6.07, 6.45) is 4.28. The van der Waals surface area contributed by atoms with Crippen LogP contribution in [0.4, 0.5) is 11.4 Å². The number of anilines is 2. The Bertz CT molecular complexity index is 992. The summed E-state index contributed by atoms with van der Waals surface area (Å²) in [6, 6.07) is 7.17. The summed E-state index contributed by atoms with van der Waals surface area (Å²) in [5.41, 5.74) is 0.896. The van der Waals surface area contributed by atoms with Gasteiger partial charge in [-0.25, -0.2) is 13.4 Å². The maximum absolute atomic E-state index is 12.9. The molecule has 2 aromatic rings. The van der Waals surface area contributed by atoms with E-state index in [4.69, 9.17) is 16.3 Å². The molecule has 1 aliphatic heterocycles. The molecule has 2 N–H and O–H groups in total. The minimum atomic E-state index is -3.62. The van der Waals surface area contributed by atoms with E-state index in [1.54, 1.807) is 25.3 Å². The van der Waals surface area contributed by atoms with E-state index in [0.29, 0.717) is 24.7 Å². The van der Waals surface area contributed by atoms with E-state index >= 15 is 0 Å². The number of hydrogen-bond acceptors (Lipinski definition) is 6. The van der Waals surface area contributed by atoms with Crippen LogP contribution in [-0.2, 0) is 14.8 Å². The van der Waals surface area contributed by atoms with Crippen molar-refractivity contribution >= 4 is 38.9 Å². The lowest BCUT2D eigenvalue weighted by molar-refractivity contribution is -0.116. The second-order valence-electron chi connectivity index (χ2n) is 7.05. The molecule has 1 unspecified atom stereocenters. The fourth-order valence-corrected chi connectivity index (χ4v) is 4.87. The second kappa shape index (κ2) is 9.63. The Labute approximate surface area is 181 Å². The molecular weight excluding hydrogens is 428 g/mol. The van der Waals surface area contributed by atoms with Crippen LogP contribution >= 0.6 is 11.6 Å². The predicted octanol–water partition coefficient (Wildman–Crippen LogP) is 3.36. The Balaban J connectivity index is 1.72. The van der Waals surface area contributed by atoms with Gasteiger partial charge in [-0.1, -0.05) is 18.0 Å². The highest BCUT2D eigenvalue weighted by Crippen LogP contribution is 2.28. The van der Waals surface area contributed by atoms with Gasteiger partial charge in [0.15, 0.2) is 0 Å². The van der Waals surface area contributed by atoms with Crippen molar-refractivity contribution in [3.05, 3.63) is 41.6 Å². The summed E-state index contributed by atoms with van der Waals surface area (Å²) in [5.74, 6) is 0.108. The van der Waals surface area contributed by atoms with Crippen LogP contribution in [-0.4, -0.2) is 49.9 Å². The first-order chi connectivity index (χ1) is 14.3. The molecule has 1 aromatic carbocycles. The third-order valence-corrected chi connectivity index (χ3v) is 7.09. The third-order valence-electron chi connectivity index (χ3n) is 4.87. The zero-order chi connectivity index (χ0) is 21.7. The molecule has 0 bridgehead atoms. The number of carbonyl (C=O) groups is 1. The Hall–Kier alpha value is -2.36. The average Bonchev–Trinajstić information content (AvgIpc) is 2.76. The van der Waals surface area contributed by atoms with Crippen LogP contribution in [0.5, 0.6) is 5.88 Å². The summed E-state index contributed by atoms with van der Waals surface area (Å²) in [7, 11) is -2.10. The highest BCUT2D eigenvalue weighted by molar-refractivity contribution is 7.89. The van der Waals surface area contributed by atoms with Gasteiger partial charge in [0, 0.05) is 19.2 Å². The second-order valence-corrected chi connectivity index (χ2v) is 9.40. The largest absolute Gasteiger partial charge is 0.481 e. The van der Waals surface area contributed by atoms with Crippen molar-refractivity contribution in [3.63, 3.8) is 0 Å². The normalized spacial score (nSPS) is 16.0. The SMILES string of the molecule is COc1ccc(NC(C)C(=O)Nc2cc(S(=O)(=O)N3CCCCC3)ccc2Cl)cn1. The molecule has 3 rings (SSSR count). The summed E-state index contributed by atoms with van der Waals surface area (Å²) in [6.45, 7) is 2.69. The molecule has 1 fully saturated rings. The van der Waals surface area contributed by atoms with E-state index in [-0.39, 0.29) is 21.5 Å². The van der Waals surface area contributed by atoms with E-state index in [9.17, 15) is 13.2 Å². The number of rotatable bonds is 7. The Morgan fingerprint density at radius 2 is 1.93 bits per heavy atom. The molecule has 1 amide bonds. The first-order valence-electron chi connectivity index (χ1n) is 9.68. The Kier molecular flexibility index (Phi) is 7.17. The number of benzene rings is 1. The zero-order valence-corrected chi connectivity index (χ0v) is 18.5. The molecule has 2 heterocycles. The molecule has 30 heavy (non-hydrogen) atoms. The first-order valence-corrected chi connectivity index (χ1v) is 11.5. The van der Waals surface area contributed by atoms with Gasteiger partial charge in [0.05, 0.1) is 34.6 Å². The quantitative estimate of drug-likeness (QED) is 0.668. The van der Waals surface area contributed by atoms with Gasteiger partial charge in [0.25, 0.3) is 0 Å². The maximum atomic E-state index is 12.9. The van der Waals surface area contributed by atoms with E-state index in [1.807, 2.05) is 0 Å². The molecule has 0 radical (unpaired) electrons. The van der Waals surface area contributed by atoms with Gasteiger partial charge in [-0.15, -0.1) is 0 Å². The van der Waals surface area contributed by atoms with Crippen molar-refractivity contribution in [3.8, 4) is 5.88 Å². The van der Waals surface area contributed by atoms with Crippen LogP contribution in [0.25, 0.3) is 0 Å². The van der Waals surface area contributed by atoms with Gasteiger partial charge in [-0.3, -0.25) is 4.79 Å². The molecule has 162 valence electrons. The van der Waals surface area contributed by atoms with E-state index < -0.39 is 16.1 Å². The van der Waals surface area contributed by atoms with Crippen LogP contribution in [0.3, 0.4) is 0 Å². The number of nitrogens with zero attached hydrogens (tertiary/aromatic N) is 2. The van der Waals surface area contributed by atoms with Crippen molar-refractivity contribution in [2.75, 3.05) is 30.8 Å². The lowest BCUT2D eigenvalue weighted by Crippen LogP contribution is -2.35. The van der Waals surface area contributed by atoms with E-state index in [0.717, 1.165) is 19.3 Å². The highest BCUT2D eigenvalue weighted by Gasteiger charge is 2.27. The van der Waals surface area contributed by atoms with Crippen LogP contribution in [0.1, 0.15) is 26.2 Å². The van der Waals surface area contributed by atoms with Crippen molar-refractivity contribution in [1.82, 2.24) is 9.29 Å². The van der Waals surface area contributed by atoms with E-state index in [2.05, 4.69) is 15.6 Å². The summed E-state index contributed by atoms with van der Waals surface area (Å²) >= 11 is 6.21. The predicted molar refractivity (Wildman–Crippen MR) is 117 cm³/mol. The minimum Gasteiger partial charge on any atom is -0.481 e. The number of methoxy groups -OCH3 is 1. The topological polar surface area (TPSA) is 101 Å². The number of pyridine rings is 1. The van der Waals surface area contributed by atoms with Gasteiger partial charge in [-0.2, -0.15) is 4.31 Å². The molecular formula is C20H25ClN4O4S. The van der Waals surface area contributed by atoms with Crippen molar-refractivity contribution in [1.29, 1.82) is 0 Å². The van der Waals surface area contributed by atoms with Crippen LogP contribution in [0, 0.1) is 0 Å². The lowest BCUT2D eigenvalue weighted by atomic mass is 10.2. The Morgan fingerprint density at radius 3 is 2.57 bits per heavy atom. The van der Waals surface area contributed by atoms with E-state index in [1.165, 1.54) is 29.6 Å². The van der Waals surface area contributed by atoms with Gasteiger partial charge in [-0.05, 0) is 44.0 Å². The standard InChI is InChI=1S/C20H25ClN4O4S/c1-14(23-15-6-9-19(29-2)22-13-15)20(26)24-18-12-16(7-8-17(18)21)30(27,28)25-10-4-3-5-11-25/h6-9,12-14,23H,3-5,10-11H2,1-2H3,(H,24,26). The molecule has 10 heteroatoms. The fraction of sp³-hybridized carbons (Fsp3) is 0.400. The lowest BCUT2D eigenvalue weighted by Gasteiger charge is -2.26. The van der Waals surface area contributed by atoms with Crippen LogP contribution < -0.4 is 15.4 Å². The van der Waals surface area contributed by atoms with Crippen molar-refractivity contribution in [2.24, 2.45) is 0 Å². The number of hydrogen-bond donors (Lipinski definition) is 2. The first kappa shape index (κ1) is 22.3. The number of nitrogens with one attached hydrogen (secondary N) is 2. The van der Waals surface area contributed by atoms with Crippen LogP contribution in [0.15, 0.2) is 41.4 Å². The van der Waals surface area contributed by atoms with Crippen LogP contribution in [0.2, 0.25) is 5.02 Å². The van der Waals surface area contributed by atoms with Crippen molar-refractivity contribution < 1.29 is 17.9 Å². The number of ether oxygens (including phenoxy) is 1. The smallest absolute Gasteiger partial charge is 0.246 e. The van der Waals surface area contributed by atoms with Gasteiger partial charge in [0.1, 0.15) is 6.04 Å². The number of halogens is 1. The zero-order valence-electron chi connectivity index (χ0n) is 16.9. The number of carbonyl (C=O) groups excluding carboxylic acids is 1. The molecule has 0 aliphatic carbocycles. The number of aromatic nitrogens is 1. The average molecular weight is 453 g/mol. The molecule has 1 aromatic heterocycles. The summed E-state index contributed by atoms with van der Waals surface area (Å²) < 4.78 is 32.3. The molecule has 1 atom stereocenters. The molecule has 0 spiro atoms. The minimum absolute atomic E-state index is 0.115. The summed E-state index contributed by atoms with van der Waals surface area (Å²) in [5, 5.41) is 6.00. The number of piperidine rings is 1. The van der Waals surface area contributed by atoms with Crippen molar-refractivity contribution in [2.45, 2.75) is 37.1 Å².